The van der Waals surface area contributed by atoms with Crippen LogP contribution in [0.2, 0.25) is 0 Å². The first-order chi connectivity index (χ1) is 17.0. The number of piperazine rings is 1. The summed E-state index contributed by atoms with van der Waals surface area (Å²) < 4.78 is 1.77. The number of carbonyl (C=O) groups excluding carboxylic acids is 1. The Hall–Kier alpha value is -2.52. The molecule has 0 saturated carbocycles. The number of hydrogen-bond donors (Lipinski definition) is 1. The molecule has 8 nitrogen and oxygen atoms in total. The first-order valence-corrected chi connectivity index (χ1v) is 14.1. The summed E-state index contributed by atoms with van der Waals surface area (Å²) in [4.78, 5) is 30.9. The molecule has 3 aliphatic rings. The summed E-state index contributed by atoms with van der Waals surface area (Å²) in [5.74, 6) is 6.28. The third kappa shape index (κ3) is 6.01. The molecule has 190 valence electrons. The number of aryl methyl sites for hydroxylation is 1. The number of aliphatic imine (C=N–C) groups is 2. The topological polar surface area (TPSA) is 90.4 Å². The zero-order valence-electron chi connectivity index (χ0n) is 20.9. The van der Waals surface area contributed by atoms with E-state index in [-0.39, 0.29) is 5.91 Å². The van der Waals surface area contributed by atoms with Gasteiger partial charge in [0.2, 0.25) is 5.91 Å². The van der Waals surface area contributed by atoms with Gasteiger partial charge in [0.05, 0.1) is 6.54 Å². The van der Waals surface area contributed by atoms with Gasteiger partial charge in [0.25, 0.3) is 0 Å². The van der Waals surface area contributed by atoms with Crippen LogP contribution in [0, 0.1) is 0 Å². The lowest BCUT2D eigenvalue weighted by atomic mass is 9.95. The number of piperidine rings is 1. The van der Waals surface area contributed by atoms with Gasteiger partial charge in [-0.1, -0.05) is 31.7 Å². The van der Waals surface area contributed by atoms with Crippen LogP contribution in [-0.2, 0) is 11.2 Å². The highest BCUT2D eigenvalue weighted by Crippen LogP contribution is 2.43. The van der Waals surface area contributed by atoms with Crippen LogP contribution in [0.15, 0.2) is 40.6 Å². The molecule has 3 aliphatic heterocycles. The summed E-state index contributed by atoms with van der Waals surface area (Å²) in [5, 5.41) is 0. The number of amidine groups is 1. The second kappa shape index (κ2) is 11.9. The average Bonchev–Trinajstić information content (AvgIpc) is 3.19. The summed E-state index contributed by atoms with van der Waals surface area (Å²) in [6, 6.07) is 4.36. The molecule has 2 fully saturated rings. The van der Waals surface area contributed by atoms with E-state index in [1.54, 1.807) is 12.4 Å². The number of pyridine rings is 1. The highest BCUT2D eigenvalue weighted by atomic mass is 32.2. The smallest absolute Gasteiger partial charge is 0.234 e. The van der Waals surface area contributed by atoms with Crippen LogP contribution in [0.1, 0.15) is 44.6 Å². The summed E-state index contributed by atoms with van der Waals surface area (Å²) >= 11 is 0. The zero-order chi connectivity index (χ0) is 24.7. The number of anilines is 1. The Kier molecular flexibility index (Phi) is 8.73. The summed E-state index contributed by atoms with van der Waals surface area (Å²) in [7, 11) is -0.483. The maximum atomic E-state index is 12.8. The van der Waals surface area contributed by atoms with Crippen LogP contribution < -0.4 is 10.6 Å². The molecule has 2 saturated heterocycles. The molecule has 1 aromatic heterocycles. The summed E-state index contributed by atoms with van der Waals surface area (Å²) in [5.41, 5.74) is 7.34. The normalized spacial score (nSPS) is 21.5. The van der Waals surface area contributed by atoms with Gasteiger partial charge in [-0.05, 0) is 43.4 Å². The number of aromatic nitrogens is 1. The molecule has 1 aromatic rings. The molecule has 4 rings (SSSR count). The predicted octanol–water partition coefficient (Wildman–Crippen LogP) is 2.87. The van der Waals surface area contributed by atoms with Crippen molar-refractivity contribution in [3.8, 4) is 0 Å². The van der Waals surface area contributed by atoms with Crippen molar-refractivity contribution in [3.63, 3.8) is 0 Å². The number of hydrogen-bond acceptors (Lipinski definition) is 7. The van der Waals surface area contributed by atoms with Crippen LogP contribution in [0.25, 0.3) is 0 Å². The van der Waals surface area contributed by atoms with Gasteiger partial charge < -0.3 is 15.5 Å². The molecule has 0 bridgehead atoms. The number of carbonyl (C=O) groups is 1. The minimum atomic E-state index is -0.596. The van der Waals surface area contributed by atoms with E-state index in [9.17, 15) is 4.79 Å². The van der Waals surface area contributed by atoms with Crippen LogP contribution in [-0.4, -0.2) is 88.6 Å². The predicted molar refractivity (Wildman–Crippen MR) is 149 cm³/mol. The number of primary amides is 1. The number of nitrogens with zero attached hydrogens (tertiary/aromatic N) is 6. The van der Waals surface area contributed by atoms with E-state index < -0.39 is 15.4 Å². The molecule has 0 radical (unpaired) electrons. The van der Waals surface area contributed by atoms with Crippen molar-refractivity contribution in [1.29, 1.82) is 0 Å². The first kappa shape index (κ1) is 25.6. The fourth-order valence-electron chi connectivity index (χ4n) is 5.02. The van der Waals surface area contributed by atoms with Crippen LogP contribution in [0.4, 0.5) is 5.82 Å². The lowest BCUT2D eigenvalue weighted by molar-refractivity contribution is -0.121. The fourth-order valence-corrected chi connectivity index (χ4v) is 7.01. The number of likely N-dealkylation sites (tertiary alicyclic amines) is 1. The maximum Gasteiger partial charge on any atom is 0.234 e. The van der Waals surface area contributed by atoms with E-state index >= 15 is 0 Å². The van der Waals surface area contributed by atoms with Crippen molar-refractivity contribution in [1.82, 2.24) is 14.2 Å². The van der Waals surface area contributed by atoms with E-state index in [1.807, 2.05) is 12.3 Å². The Balaban J connectivity index is 1.33. The fraction of sp³-hybridized carbons (Fsp3) is 0.577. The molecule has 0 spiro atoms. The van der Waals surface area contributed by atoms with Gasteiger partial charge in [-0.2, -0.15) is 0 Å². The number of rotatable bonds is 8. The van der Waals surface area contributed by atoms with Gasteiger partial charge in [0.15, 0.2) is 0 Å². The number of amides is 1. The van der Waals surface area contributed by atoms with Gasteiger partial charge in [-0.3, -0.25) is 14.1 Å². The summed E-state index contributed by atoms with van der Waals surface area (Å²) in [6.07, 6.45) is 13.6. The monoisotopic (exact) mass is 497 g/mol. The molecule has 1 amide bonds. The van der Waals surface area contributed by atoms with Crippen molar-refractivity contribution < 1.29 is 4.79 Å². The standard InChI is InChI=1S/C26H39N7OS/c1-3-4-5-7-22-8-9-23(30-20-22)32-16-18-33(19-17-32)35(2)26(25(27)34)10-14-31(15-11-26)24-21-28-12-6-13-29-24/h6,8-9,12-13,20H,2-5,7,10-11,14-19,21H2,1H3,(H2,27,34). The highest BCUT2D eigenvalue weighted by molar-refractivity contribution is 8.13. The van der Waals surface area contributed by atoms with Crippen LogP contribution >= 0.6 is 10.7 Å². The third-order valence-electron chi connectivity index (χ3n) is 7.32. The SMILES string of the molecule is C=S(N1CCN(c2ccc(CCCCC)cn2)CC1)C1(C(N)=O)CCN(C2=NC=CC=NC2)CC1. The quantitative estimate of drug-likeness (QED) is 0.441. The number of allylic oxidation sites excluding steroid dienone is 1. The Morgan fingerprint density at radius 1 is 1.11 bits per heavy atom. The van der Waals surface area contributed by atoms with Crippen molar-refractivity contribution in [3.05, 3.63) is 36.2 Å². The lowest BCUT2D eigenvalue weighted by Crippen LogP contribution is -2.56. The van der Waals surface area contributed by atoms with Crippen LogP contribution in [0.5, 0.6) is 0 Å². The Labute approximate surface area is 212 Å². The van der Waals surface area contributed by atoms with E-state index in [4.69, 9.17) is 10.7 Å². The maximum absolute atomic E-state index is 12.8. The van der Waals surface area contributed by atoms with Gasteiger partial charge in [0.1, 0.15) is 16.4 Å². The Bertz CT molecular complexity index is 972. The van der Waals surface area contributed by atoms with Gasteiger partial charge in [-0.15, -0.1) is 10.7 Å². The molecular weight excluding hydrogens is 458 g/mol. The van der Waals surface area contributed by atoms with Gasteiger partial charge >= 0.3 is 0 Å². The molecule has 0 aromatic carbocycles. The van der Waals surface area contributed by atoms with Crippen molar-refractivity contribution in [2.24, 2.45) is 15.7 Å². The molecule has 9 heteroatoms. The Morgan fingerprint density at radius 3 is 2.54 bits per heavy atom. The minimum absolute atomic E-state index is 0.223. The lowest BCUT2D eigenvalue weighted by Gasteiger charge is -2.47. The first-order valence-electron chi connectivity index (χ1n) is 12.8. The molecular formula is C26H39N7OS. The molecule has 2 N–H and O–H groups in total. The van der Waals surface area contributed by atoms with Gasteiger partial charge in [0, 0.05) is 57.9 Å². The summed E-state index contributed by atoms with van der Waals surface area (Å²) in [6.45, 7) is 7.77. The third-order valence-corrected chi connectivity index (χ3v) is 9.82. The molecule has 4 heterocycles. The molecule has 1 atom stereocenters. The van der Waals surface area contributed by atoms with E-state index in [0.717, 1.165) is 57.3 Å². The van der Waals surface area contributed by atoms with Gasteiger partial charge in [-0.25, -0.2) is 9.98 Å². The highest BCUT2D eigenvalue weighted by Gasteiger charge is 2.44. The van der Waals surface area contributed by atoms with Crippen molar-refractivity contribution in [2.45, 2.75) is 50.2 Å². The molecule has 35 heavy (non-hydrogen) atoms. The van der Waals surface area contributed by atoms with Crippen LogP contribution in [0.3, 0.4) is 0 Å². The zero-order valence-corrected chi connectivity index (χ0v) is 21.8. The Morgan fingerprint density at radius 2 is 1.89 bits per heavy atom. The molecule has 0 aliphatic carbocycles. The number of nitrogens with two attached hydrogens (primary N) is 1. The van der Waals surface area contributed by atoms with E-state index in [0.29, 0.717) is 19.4 Å². The largest absolute Gasteiger partial charge is 0.368 e. The van der Waals surface area contributed by atoms with E-state index in [1.165, 1.54) is 24.8 Å². The number of unbranched alkanes of at least 4 members (excludes halogenated alkanes) is 2. The average molecular weight is 498 g/mol. The second-order valence-corrected chi connectivity index (χ2v) is 11.5. The molecule has 1 unspecified atom stereocenters. The second-order valence-electron chi connectivity index (χ2n) is 9.48. The van der Waals surface area contributed by atoms with Crippen molar-refractivity contribution >= 4 is 40.3 Å². The van der Waals surface area contributed by atoms with E-state index in [2.05, 4.69) is 49.0 Å². The van der Waals surface area contributed by atoms with Crippen molar-refractivity contribution in [2.75, 3.05) is 50.7 Å². The minimum Gasteiger partial charge on any atom is -0.368 e.